The van der Waals surface area contributed by atoms with Crippen LogP contribution in [0.4, 0.5) is 0 Å². The first-order valence-corrected chi connectivity index (χ1v) is 7.68. The van der Waals surface area contributed by atoms with E-state index in [9.17, 15) is 5.11 Å². The molecule has 1 aliphatic heterocycles. The molecule has 1 saturated heterocycles. The van der Waals surface area contributed by atoms with Gasteiger partial charge in [0.15, 0.2) is 6.10 Å². The van der Waals surface area contributed by atoms with Crippen molar-refractivity contribution in [3.8, 4) is 0 Å². The molecule has 0 amide bonds. The Kier molecular flexibility index (Phi) is 7.14. The number of quaternary nitrogens is 1. The lowest BCUT2D eigenvalue weighted by Crippen LogP contribution is -2.64. The maximum atomic E-state index is 9.31. The van der Waals surface area contributed by atoms with E-state index in [-0.39, 0.29) is 6.10 Å². The molecule has 1 heterocycles. The molecular weight excluding hydrogens is 210 g/mol. The summed E-state index contributed by atoms with van der Waals surface area (Å²) in [7, 11) is 2.28. The van der Waals surface area contributed by atoms with Crippen molar-refractivity contribution in [1.82, 2.24) is 0 Å². The Labute approximate surface area is 108 Å². The molecule has 0 aliphatic carbocycles. The monoisotopic (exact) mass is 242 g/mol. The number of hydrogen-bond donors (Lipinski definition) is 1. The number of hydrogen-bond acceptors (Lipinski definition) is 1. The fourth-order valence-electron chi connectivity index (χ4n) is 2.95. The highest BCUT2D eigenvalue weighted by atomic mass is 16.3. The molecule has 0 saturated carbocycles. The number of likely N-dealkylation sites (tertiary alicyclic amines) is 1. The number of nitrogens with zero attached hydrogens (tertiary/aromatic N) is 1. The number of rotatable bonds is 10. The van der Waals surface area contributed by atoms with E-state index in [4.69, 9.17) is 0 Å². The lowest BCUT2D eigenvalue weighted by atomic mass is 10.0. The van der Waals surface area contributed by atoms with Crippen molar-refractivity contribution in [3.05, 3.63) is 0 Å². The average molecular weight is 242 g/mol. The first-order chi connectivity index (χ1) is 8.16. The van der Waals surface area contributed by atoms with E-state index in [0.29, 0.717) is 0 Å². The van der Waals surface area contributed by atoms with Crippen LogP contribution in [0.15, 0.2) is 0 Å². The van der Waals surface area contributed by atoms with Crippen LogP contribution < -0.4 is 0 Å². The molecule has 1 N–H and O–H groups in total. The molecule has 0 spiro atoms. The van der Waals surface area contributed by atoms with E-state index < -0.39 is 0 Å². The average Bonchev–Trinajstić information content (AvgIpc) is 2.25. The smallest absolute Gasteiger partial charge is 0.152 e. The molecule has 0 aromatic carbocycles. The van der Waals surface area contributed by atoms with Gasteiger partial charge < -0.3 is 9.59 Å². The van der Waals surface area contributed by atoms with Crippen molar-refractivity contribution in [2.24, 2.45) is 0 Å². The van der Waals surface area contributed by atoms with Crippen LogP contribution in [0.25, 0.3) is 0 Å². The number of aliphatic hydroxyl groups is 1. The van der Waals surface area contributed by atoms with Gasteiger partial charge in [0.2, 0.25) is 0 Å². The summed E-state index contributed by atoms with van der Waals surface area (Å²) in [4.78, 5) is 0. The molecule has 0 radical (unpaired) electrons. The van der Waals surface area contributed by atoms with Crippen molar-refractivity contribution >= 4 is 0 Å². The third kappa shape index (κ3) is 6.42. The zero-order valence-corrected chi connectivity index (χ0v) is 12.0. The summed E-state index contributed by atoms with van der Waals surface area (Å²) < 4.78 is 1.11. The molecule has 102 valence electrons. The summed E-state index contributed by atoms with van der Waals surface area (Å²) in [6.45, 7) is 5.51. The SMILES string of the molecule is CCCCCCCCCCC[N+]1(C)CC(O)C1. The molecule has 0 bridgehead atoms. The summed E-state index contributed by atoms with van der Waals surface area (Å²) in [6.07, 6.45) is 12.6. The predicted octanol–water partition coefficient (Wildman–Crippen LogP) is 3.34. The minimum atomic E-state index is -0.0152. The third-order valence-electron chi connectivity index (χ3n) is 4.10. The van der Waals surface area contributed by atoms with E-state index in [1.807, 2.05) is 0 Å². The van der Waals surface area contributed by atoms with Gasteiger partial charge in [0.25, 0.3) is 0 Å². The number of likely N-dealkylation sites (N-methyl/N-ethyl adjacent to an activating group) is 1. The second kappa shape index (κ2) is 8.10. The van der Waals surface area contributed by atoms with Crippen molar-refractivity contribution in [3.63, 3.8) is 0 Å². The van der Waals surface area contributed by atoms with Crippen LogP contribution >= 0.6 is 0 Å². The zero-order chi connectivity index (χ0) is 12.6. The lowest BCUT2D eigenvalue weighted by Gasteiger charge is -2.45. The standard InChI is InChI=1S/C15H32NO/c1-3-4-5-6-7-8-9-10-11-12-16(2)13-15(17)14-16/h15,17H,3-14H2,1-2H3/q+1. The van der Waals surface area contributed by atoms with Gasteiger partial charge in [0.05, 0.1) is 13.6 Å². The molecule has 1 fully saturated rings. The van der Waals surface area contributed by atoms with Gasteiger partial charge in [-0.3, -0.25) is 0 Å². The van der Waals surface area contributed by atoms with Gasteiger partial charge in [-0.1, -0.05) is 51.9 Å². The number of aliphatic hydroxyl groups excluding tert-OH is 1. The van der Waals surface area contributed by atoms with E-state index in [2.05, 4.69) is 14.0 Å². The van der Waals surface area contributed by atoms with Crippen molar-refractivity contribution in [2.75, 3.05) is 26.7 Å². The van der Waals surface area contributed by atoms with Gasteiger partial charge in [-0.05, 0) is 12.8 Å². The largest absolute Gasteiger partial charge is 0.382 e. The molecule has 0 atom stereocenters. The molecule has 1 aliphatic rings. The summed E-state index contributed by atoms with van der Waals surface area (Å²) in [5, 5.41) is 9.31. The van der Waals surface area contributed by atoms with Crippen LogP contribution in [0.2, 0.25) is 0 Å². The maximum Gasteiger partial charge on any atom is 0.152 e. The molecule has 0 aromatic heterocycles. The van der Waals surface area contributed by atoms with Crippen molar-refractivity contribution < 1.29 is 9.59 Å². The number of unbranched alkanes of at least 4 members (excludes halogenated alkanes) is 8. The van der Waals surface area contributed by atoms with E-state index in [1.165, 1.54) is 64.3 Å². The highest BCUT2D eigenvalue weighted by Gasteiger charge is 2.38. The fraction of sp³-hybridized carbons (Fsp3) is 1.00. The Morgan fingerprint density at radius 2 is 1.35 bits per heavy atom. The minimum absolute atomic E-state index is 0.0152. The van der Waals surface area contributed by atoms with Gasteiger partial charge in [-0.25, -0.2) is 0 Å². The maximum absolute atomic E-state index is 9.31. The first kappa shape index (κ1) is 15.0. The van der Waals surface area contributed by atoms with Gasteiger partial charge in [0, 0.05) is 0 Å². The van der Waals surface area contributed by atoms with E-state index in [0.717, 1.165) is 17.6 Å². The van der Waals surface area contributed by atoms with Crippen LogP contribution in [0.1, 0.15) is 64.7 Å². The van der Waals surface area contributed by atoms with Crippen molar-refractivity contribution in [1.29, 1.82) is 0 Å². The van der Waals surface area contributed by atoms with Gasteiger partial charge in [-0.2, -0.15) is 0 Å². The Hall–Kier alpha value is -0.0800. The molecule has 1 rings (SSSR count). The quantitative estimate of drug-likeness (QED) is 0.460. The molecule has 2 nitrogen and oxygen atoms in total. The lowest BCUT2D eigenvalue weighted by molar-refractivity contribution is -0.955. The predicted molar refractivity (Wildman–Crippen MR) is 74.0 cm³/mol. The summed E-state index contributed by atoms with van der Waals surface area (Å²) in [5.74, 6) is 0. The Morgan fingerprint density at radius 3 is 1.82 bits per heavy atom. The second-order valence-corrected chi connectivity index (χ2v) is 6.19. The highest BCUT2D eigenvalue weighted by Crippen LogP contribution is 2.19. The molecular formula is C15H32NO+. The second-order valence-electron chi connectivity index (χ2n) is 6.19. The van der Waals surface area contributed by atoms with E-state index >= 15 is 0 Å². The van der Waals surface area contributed by atoms with Gasteiger partial charge in [0.1, 0.15) is 13.1 Å². The van der Waals surface area contributed by atoms with Crippen LogP contribution in [0.5, 0.6) is 0 Å². The van der Waals surface area contributed by atoms with Gasteiger partial charge in [-0.15, -0.1) is 0 Å². The van der Waals surface area contributed by atoms with Crippen LogP contribution in [0, 0.1) is 0 Å². The molecule has 2 heteroatoms. The minimum Gasteiger partial charge on any atom is -0.382 e. The third-order valence-corrected chi connectivity index (χ3v) is 4.10. The van der Waals surface area contributed by atoms with Crippen molar-refractivity contribution in [2.45, 2.75) is 70.8 Å². The molecule has 0 aromatic rings. The Bertz CT molecular complexity index is 187. The van der Waals surface area contributed by atoms with E-state index in [1.54, 1.807) is 0 Å². The van der Waals surface area contributed by atoms with Crippen LogP contribution in [-0.2, 0) is 0 Å². The zero-order valence-electron chi connectivity index (χ0n) is 12.0. The highest BCUT2D eigenvalue weighted by molar-refractivity contribution is 4.64. The fourth-order valence-corrected chi connectivity index (χ4v) is 2.95. The van der Waals surface area contributed by atoms with Gasteiger partial charge >= 0.3 is 0 Å². The molecule has 17 heavy (non-hydrogen) atoms. The van der Waals surface area contributed by atoms with Crippen LogP contribution in [0.3, 0.4) is 0 Å². The van der Waals surface area contributed by atoms with Crippen LogP contribution in [-0.4, -0.2) is 42.4 Å². The first-order valence-electron chi connectivity index (χ1n) is 7.68. The summed E-state index contributed by atoms with van der Waals surface area (Å²) >= 11 is 0. The summed E-state index contributed by atoms with van der Waals surface area (Å²) in [5.41, 5.74) is 0. The topological polar surface area (TPSA) is 20.2 Å². The Balaban J connectivity index is 1.79. The summed E-state index contributed by atoms with van der Waals surface area (Å²) in [6, 6.07) is 0. The Morgan fingerprint density at radius 1 is 0.882 bits per heavy atom. The normalized spacial score (nSPS) is 28.1. The molecule has 0 unspecified atom stereocenters.